The van der Waals surface area contributed by atoms with Crippen LogP contribution in [0.2, 0.25) is 0 Å². The molecule has 0 amide bonds. The van der Waals surface area contributed by atoms with Crippen molar-refractivity contribution in [2.24, 2.45) is 0 Å². The van der Waals surface area contributed by atoms with Gasteiger partial charge >= 0.3 is 17.9 Å². The van der Waals surface area contributed by atoms with Crippen LogP contribution in [0, 0.1) is 12.7 Å². The zero-order valence-electron chi connectivity index (χ0n) is 22.8. The number of carbonyl (C=O) groups excluding carboxylic acids is 3. The Hall–Kier alpha value is -3.21. The predicted molar refractivity (Wildman–Crippen MR) is 151 cm³/mol. The van der Waals surface area contributed by atoms with Crippen LogP contribution in [0.15, 0.2) is 54.6 Å². The van der Waals surface area contributed by atoms with E-state index >= 15 is 0 Å². The van der Waals surface area contributed by atoms with E-state index in [2.05, 4.69) is 6.07 Å². The quantitative estimate of drug-likeness (QED) is 0.234. The maximum Gasteiger partial charge on any atom is 0.305 e. The molecule has 0 aliphatic carbocycles. The van der Waals surface area contributed by atoms with Crippen molar-refractivity contribution in [3.63, 3.8) is 0 Å². The van der Waals surface area contributed by atoms with E-state index in [1.807, 2.05) is 37.4 Å². The van der Waals surface area contributed by atoms with Gasteiger partial charge in [-0.3, -0.25) is 14.4 Å². The van der Waals surface area contributed by atoms with E-state index in [1.165, 1.54) is 44.7 Å². The molecule has 5 atom stereocenters. The number of hydrogen-bond donors (Lipinski definition) is 0. The number of thioether (sulfide) groups is 1. The molecule has 0 N–H and O–H groups in total. The van der Waals surface area contributed by atoms with Crippen molar-refractivity contribution >= 4 is 41.0 Å². The first-order valence-electron chi connectivity index (χ1n) is 12.7. The monoisotopic (exact) mass is 586 g/mol. The second-order valence-electron chi connectivity index (χ2n) is 9.52. The van der Waals surface area contributed by atoms with Gasteiger partial charge in [-0.2, -0.15) is 11.8 Å². The van der Waals surface area contributed by atoms with E-state index in [0.717, 1.165) is 32.0 Å². The fourth-order valence-electron chi connectivity index (χ4n) is 4.73. The largest absolute Gasteiger partial charge is 0.457 e. The number of halogens is 1. The fraction of sp³-hybridized carbons (Fsp3) is 0.367. The van der Waals surface area contributed by atoms with E-state index in [4.69, 9.17) is 18.9 Å². The third-order valence-electron chi connectivity index (χ3n) is 6.51. The summed E-state index contributed by atoms with van der Waals surface area (Å²) in [6.07, 6.45) is -1.42. The molecule has 2 heterocycles. The normalized spacial score (nSPS) is 22.4. The van der Waals surface area contributed by atoms with Crippen LogP contribution in [0.1, 0.15) is 48.4 Å². The first-order chi connectivity index (χ1) is 19.0. The van der Waals surface area contributed by atoms with Gasteiger partial charge in [0.2, 0.25) is 12.4 Å². The maximum atomic E-state index is 13.4. The highest BCUT2D eigenvalue weighted by atomic mass is 32.2. The van der Waals surface area contributed by atoms with Crippen LogP contribution in [0.4, 0.5) is 4.39 Å². The molecule has 1 saturated heterocycles. The number of benzene rings is 2. The average Bonchev–Trinajstić information content (AvgIpc) is 3.35. The smallest absolute Gasteiger partial charge is 0.305 e. The number of rotatable bonds is 8. The second-order valence-corrected chi connectivity index (χ2v) is 11.7. The van der Waals surface area contributed by atoms with Gasteiger partial charge in [-0.05, 0) is 59.7 Å². The third kappa shape index (κ3) is 7.10. The molecule has 1 fully saturated rings. The number of aryl methyl sites for hydroxylation is 1. The standard InChI is InChI=1S/C30H31FO7S2/c1-16-6-7-21(14-22(16)15-24-12-13-25(40-24)20-8-10-23(31)11-9-20)26-29(39-5)27(35-17(2)32)28(36-18(3)33)30(38-26)37-19(4)34/h6-14,26-30H,15H2,1-5H3. The number of thiophene rings is 1. The van der Waals surface area contributed by atoms with E-state index in [0.29, 0.717) is 6.42 Å². The van der Waals surface area contributed by atoms with Crippen LogP contribution in [-0.4, -0.2) is 47.9 Å². The number of hydrogen-bond acceptors (Lipinski definition) is 9. The van der Waals surface area contributed by atoms with Crippen molar-refractivity contribution in [1.29, 1.82) is 0 Å². The highest BCUT2D eigenvalue weighted by Gasteiger charge is 2.51. The van der Waals surface area contributed by atoms with Gasteiger partial charge in [0.05, 0.1) is 5.25 Å². The molecule has 1 aromatic heterocycles. The highest BCUT2D eigenvalue weighted by molar-refractivity contribution is 7.99. The minimum atomic E-state index is -1.26. The lowest BCUT2D eigenvalue weighted by Crippen LogP contribution is -2.57. The van der Waals surface area contributed by atoms with Crippen molar-refractivity contribution in [3.05, 3.63) is 82.0 Å². The highest BCUT2D eigenvalue weighted by Crippen LogP contribution is 2.42. The Balaban J connectivity index is 1.66. The summed E-state index contributed by atoms with van der Waals surface area (Å²) in [6, 6.07) is 16.5. The molecule has 4 rings (SSSR count). The Morgan fingerprint density at radius 3 is 2.17 bits per heavy atom. The minimum Gasteiger partial charge on any atom is -0.457 e. The molecule has 7 nitrogen and oxygen atoms in total. The molecule has 1 aliphatic heterocycles. The minimum absolute atomic E-state index is 0.271. The number of carbonyl (C=O) groups is 3. The van der Waals surface area contributed by atoms with Crippen molar-refractivity contribution in [2.45, 2.75) is 64.0 Å². The summed E-state index contributed by atoms with van der Waals surface area (Å²) in [5.74, 6) is -2.06. The molecule has 0 saturated carbocycles. The lowest BCUT2D eigenvalue weighted by molar-refractivity contribution is -0.266. The lowest BCUT2D eigenvalue weighted by atomic mass is 9.92. The van der Waals surface area contributed by atoms with E-state index in [-0.39, 0.29) is 5.82 Å². The topological polar surface area (TPSA) is 88.1 Å². The van der Waals surface area contributed by atoms with Crippen molar-refractivity contribution in [3.8, 4) is 10.4 Å². The van der Waals surface area contributed by atoms with E-state index in [9.17, 15) is 18.8 Å². The lowest BCUT2D eigenvalue weighted by Gasteiger charge is -2.44. The van der Waals surface area contributed by atoms with E-state index < -0.39 is 47.8 Å². The Morgan fingerprint density at radius 2 is 1.55 bits per heavy atom. The average molecular weight is 587 g/mol. The molecule has 0 bridgehead atoms. The third-order valence-corrected chi connectivity index (χ3v) is 8.70. The molecular weight excluding hydrogens is 555 g/mol. The molecular formula is C30H31FO7S2. The second kappa shape index (κ2) is 13.0. The summed E-state index contributed by atoms with van der Waals surface area (Å²) in [4.78, 5) is 38.1. The van der Waals surface area contributed by atoms with Crippen LogP contribution >= 0.6 is 23.1 Å². The maximum absolute atomic E-state index is 13.4. The van der Waals surface area contributed by atoms with Crippen molar-refractivity contribution in [2.75, 3.05) is 6.26 Å². The molecule has 5 unspecified atom stereocenters. The number of ether oxygens (including phenoxy) is 4. The van der Waals surface area contributed by atoms with Crippen molar-refractivity contribution < 1.29 is 37.7 Å². The van der Waals surface area contributed by atoms with Gasteiger partial charge in [0.1, 0.15) is 11.9 Å². The van der Waals surface area contributed by atoms with Crippen LogP contribution in [0.3, 0.4) is 0 Å². The molecule has 1 aliphatic rings. The molecule has 0 radical (unpaired) electrons. The molecule has 10 heteroatoms. The predicted octanol–water partition coefficient (Wildman–Crippen LogP) is 6.01. The molecule has 40 heavy (non-hydrogen) atoms. The van der Waals surface area contributed by atoms with Gasteiger partial charge in [0.25, 0.3) is 0 Å². The Bertz CT molecular complexity index is 1370. The van der Waals surface area contributed by atoms with Crippen LogP contribution in [0.5, 0.6) is 0 Å². The summed E-state index contributed by atoms with van der Waals surface area (Å²) in [6.45, 7) is 5.77. The van der Waals surface area contributed by atoms with Gasteiger partial charge in [0.15, 0.2) is 6.10 Å². The van der Waals surface area contributed by atoms with Crippen LogP contribution in [-0.2, 0) is 39.8 Å². The molecule has 2 aromatic carbocycles. The van der Waals surface area contributed by atoms with Gasteiger partial charge in [-0.1, -0.05) is 30.3 Å². The molecule has 212 valence electrons. The SMILES string of the molecule is CSC1C(c2ccc(C)c(Cc3ccc(-c4ccc(F)cc4)s3)c2)OC(OC(C)=O)C(OC(C)=O)C1OC(C)=O. The first-order valence-corrected chi connectivity index (χ1v) is 14.8. The summed E-state index contributed by atoms with van der Waals surface area (Å²) in [5, 5.41) is -0.456. The molecule has 0 spiro atoms. The first kappa shape index (κ1) is 29.8. The summed E-state index contributed by atoms with van der Waals surface area (Å²) >= 11 is 3.05. The van der Waals surface area contributed by atoms with Gasteiger partial charge in [0, 0.05) is 36.9 Å². The van der Waals surface area contributed by atoms with Gasteiger partial charge < -0.3 is 18.9 Å². The fourth-order valence-corrected chi connectivity index (χ4v) is 6.71. The summed E-state index contributed by atoms with van der Waals surface area (Å²) in [5.41, 5.74) is 3.93. The Kier molecular flexibility index (Phi) is 9.65. The summed E-state index contributed by atoms with van der Waals surface area (Å²) in [7, 11) is 0. The zero-order chi connectivity index (χ0) is 29.0. The van der Waals surface area contributed by atoms with Gasteiger partial charge in [-0.15, -0.1) is 11.3 Å². The Labute approximate surface area is 241 Å². The Morgan fingerprint density at radius 1 is 0.900 bits per heavy atom. The zero-order valence-corrected chi connectivity index (χ0v) is 24.5. The number of esters is 3. The van der Waals surface area contributed by atoms with Crippen LogP contribution in [0.25, 0.3) is 10.4 Å². The molecule has 3 aromatic rings. The van der Waals surface area contributed by atoms with Crippen LogP contribution < -0.4 is 0 Å². The van der Waals surface area contributed by atoms with Crippen molar-refractivity contribution in [1.82, 2.24) is 0 Å². The summed E-state index contributed by atoms with van der Waals surface area (Å²) < 4.78 is 36.1. The van der Waals surface area contributed by atoms with Gasteiger partial charge in [-0.25, -0.2) is 4.39 Å². The van der Waals surface area contributed by atoms with E-state index in [1.54, 1.807) is 23.5 Å².